The predicted molar refractivity (Wildman–Crippen MR) is 139 cm³/mol. The zero-order chi connectivity index (χ0) is 28.3. The number of aromatic nitrogens is 1. The third-order valence-electron chi connectivity index (χ3n) is 5.94. The maximum Gasteiger partial charge on any atom is 0.413 e. The number of carboxylic acids is 1. The summed E-state index contributed by atoms with van der Waals surface area (Å²) >= 11 is 0. The van der Waals surface area contributed by atoms with Gasteiger partial charge in [-0.1, -0.05) is 5.16 Å². The molecule has 0 spiro atoms. The third-order valence-corrected chi connectivity index (χ3v) is 5.94. The highest BCUT2D eigenvalue weighted by Gasteiger charge is 2.23. The van der Waals surface area contributed by atoms with Gasteiger partial charge in [0.2, 0.25) is 0 Å². The van der Waals surface area contributed by atoms with Crippen LogP contribution in [0.2, 0.25) is 0 Å². The van der Waals surface area contributed by atoms with Gasteiger partial charge < -0.3 is 29.2 Å². The first-order valence-corrected chi connectivity index (χ1v) is 11.3. The van der Waals surface area contributed by atoms with Crippen LogP contribution in [0.25, 0.3) is 22.1 Å². The van der Waals surface area contributed by atoms with Crippen LogP contribution in [-0.2, 0) is 4.74 Å². The third kappa shape index (κ3) is 5.01. The van der Waals surface area contributed by atoms with Crippen molar-refractivity contribution < 1.29 is 38.2 Å². The Labute approximate surface area is 221 Å². The number of carboxylic acid groups (broad SMARTS) is 1. The lowest BCUT2D eigenvalue weighted by molar-refractivity contribution is 0.0698. The van der Waals surface area contributed by atoms with Gasteiger partial charge in [0.25, 0.3) is 5.91 Å². The van der Waals surface area contributed by atoms with Crippen LogP contribution in [0.3, 0.4) is 0 Å². The molecule has 1 heterocycles. The van der Waals surface area contributed by atoms with Gasteiger partial charge in [-0.2, -0.15) is 5.26 Å². The van der Waals surface area contributed by atoms with Crippen molar-refractivity contribution in [3.63, 3.8) is 0 Å². The average molecular weight is 530 g/mol. The number of ether oxygens (including phenoxy) is 3. The Morgan fingerprint density at radius 3 is 2.36 bits per heavy atom. The fraction of sp³-hybridized carbons (Fsp3) is 0.148. The molecule has 39 heavy (non-hydrogen) atoms. The van der Waals surface area contributed by atoms with Crippen LogP contribution in [0.1, 0.15) is 26.4 Å². The van der Waals surface area contributed by atoms with E-state index in [0.717, 1.165) is 6.07 Å². The topological polar surface area (TPSA) is 164 Å². The molecule has 0 saturated carbocycles. The molecule has 0 aliphatic carbocycles. The summed E-state index contributed by atoms with van der Waals surface area (Å²) in [6.07, 6.45) is -0.574. The van der Waals surface area contributed by atoms with Crippen molar-refractivity contribution in [3.05, 3.63) is 65.4 Å². The maximum absolute atomic E-state index is 13.2. The van der Waals surface area contributed by atoms with Gasteiger partial charge in [-0.05, 0) is 42.5 Å². The van der Waals surface area contributed by atoms with Crippen LogP contribution in [0.15, 0.2) is 53.1 Å². The van der Waals surface area contributed by atoms with Gasteiger partial charge >= 0.3 is 12.1 Å². The van der Waals surface area contributed by atoms with E-state index in [1.807, 2.05) is 6.07 Å². The maximum atomic E-state index is 13.2. The van der Waals surface area contributed by atoms with Crippen molar-refractivity contribution in [2.24, 2.45) is 0 Å². The fourth-order valence-corrected chi connectivity index (χ4v) is 3.95. The van der Waals surface area contributed by atoms with E-state index in [0.29, 0.717) is 33.7 Å². The Balaban J connectivity index is 1.82. The highest BCUT2D eigenvalue weighted by Crippen LogP contribution is 2.41. The minimum absolute atomic E-state index is 0.0170. The average Bonchev–Trinajstić information content (AvgIpc) is 3.38. The number of methoxy groups -OCH3 is 3. The number of hydrogen-bond acceptors (Lipinski definition) is 9. The Bertz CT molecular complexity index is 1650. The first kappa shape index (κ1) is 26.5. The largest absolute Gasteiger partial charge is 0.496 e. The van der Waals surface area contributed by atoms with Gasteiger partial charge in [0.1, 0.15) is 11.5 Å². The minimum atomic E-state index is -1.32. The summed E-state index contributed by atoms with van der Waals surface area (Å²) in [5, 5.41) is 25.3. The Morgan fingerprint density at radius 2 is 1.72 bits per heavy atom. The molecule has 12 nitrogen and oxygen atoms in total. The van der Waals surface area contributed by atoms with Gasteiger partial charge in [0.15, 0.2) is 11.3 Å². The van der Waals surface area contributed by atoms with Gasteiger partial charge in [-0.15, -0.1) is 0 Å². The Morgan fingerprint density at radius 1 is 1.00 bits per heavy atom. The van der Waals surface area contributed by atoms with E-state index in [1.54, 1.807) is 37.4 Å². The SMILES string of the molecule is COC(=O)N(C)c1ccc(OC)c(-c2cc3c(C(=O)Nc4ccc(C#N)cc4C(=O)O)noc3cc2OC)c1. The molecular formula is C27H22N4O8. The molecule has 0 aliphatic rings. The number of amides is 2. The van der Waals surface area contributed by atoms with Crippen molar-refractivity contribution in [1.29, 1.82) is 5.26 Å². The van der Waals surface area contributed by atoms with Gasteiger partial charge in [0.05, 0.1) is 49.6 Å². The number of carbonyl (C=O) groups excluding carboxylic acids is 2. The van der Waals surface area contributed by atoms with E-state index in [9.17, 15) is 19.5 Å². The molecule has 0 saturated heterocycles. The summed E-state index contributed by atoms with van der Waals surface area (Å²) in [5.41, 5.74) is 1.52. The number of rotatable bonds is 7. The Hall–Kier alpha value is -5.57. The minimum Gasteiger partial charge on any atom is -0.496 e. The number of carbonyl (C=O) groups is 3. The second kappa shape index (κ2) is 10.8. The number of benzene rings is 3. The molecule has 4 rings (SSSR count). The van der Waals surface area contributed by atoms with Crippen LogP contribution in [0, 0.1) is 11.3 Å². The first-order valence-electron chi connectivity index (χ1n) is 11.3. The molecule has 2 amide bonds. The fourth-order valence-electron chi connectivity index (χ4n) is 3.95. The second-order valence-electron chi connectivity index (χ2n) is 8.12. The quantitative estimate of drug-likeness (QED) is 0.347. The van der Waals surface area contributed by atoms with Crippen LogP contribution in [0.4, 0.5) is 16.2 Å². The highest BCUT2D eigenvalue weighted by atomic mass is 16.5. The van der Waals surface area contributed by atoms with Crippen molar-refractivity contribution in [2.45, 2.75) is 0 Å². The smallest absolute Gasteiger partial charge is 0.413 e. The lowest BCUT2D eigenvalue weighted by atomic mass is 9.99. The van der Waals surface area contributed by atoms with E-state index in [4.69, 9.17) is 24.0 Å². The van der Waals surface area contributed by atoms with Crippen molar-refractivity contribution >= 4 is 40.3 Å². The lowest BCUT2D eigenvalue weighted by Gasteiger charge is -2.19. The van der Waals surface area contributed by atoms with Gasteiger partial charge in [-0.3, -0.25) is 9.69 Å². The Kier molecular flexibility index (Phi) is 7.35. The van der Waals surface area contributed by atoms with Crippen LogP contribution < -0.4 is 19.7 Å². The first-order chi connectivity index (χ1) is 18.7. The molecule has 2 N–H and O–H groups in total. The monoisotopic (exact) mass is 530 g/mol. The highest BCUT2D eigenvalue weighted by molar-refractivity contribution is 6.13. The van der Waals surface area contributed by atoms with Crippen LogP contribution >= 0.6 is 0 Å². The van der Waals surface area contributed by atoms with Crippen molar-refractivity contribution in [1.82, 2.24) is 5.16 Å². The molecule has 0 radical (unpaired) electrons. The lowest BCUT2D eigenvalue weighted by Crippen LogP contribution is -2.25. The standard InChI is InChI=1S/C27H22N4O8/c1-31(27(35)38-4)15-6-8-21(36-2)16(10-15)17-11-19-23(12-22(17)37-3)39-30-24(19)25(32)29-20-7-5-14(13-28)9-18(20)26(33)34/h5-12H,1-4H3,(H,29,32)(H,33,34). The number of hydrogen-bond donors (Lipinski definition) is 2. The van der Waals surface area contributed by atoms with E-state index in [-0.39, 0.29) is 28.1 Å². The van der Waals surface area contributed by atoms with Crippen molar-refractivity contribution in [2.75, 3.05) is 38.6 Å². The summed E-state index contributed by atoms with van der Waals surface area (Å²) in [4.78, 5) is 38.3. The second-order valence-corrected chi connectivity index (χ2v) is 8.12. The molecule has 0 fully saturated rings. The van der Waals surface area contributed by atoms with Crippen molar-refractivity contribution in [3.8, 4) is 28.7 Å². The van der Waals surface area contributed by atoms with Crippen LogP contribution in [0.5, 0.6) is 11.5 Å². The van der Waals surface area contributed by atoms with Gasteiger partial charge in [-0.25, -0.2) is 9.59 Å². The number of nitrogens with one attached hydrogen (secondary N) is 1. The molecular weight excluding hydrogens is 508 g/mol. The van der Waals surface area contributed by atoms with E-state index >= 15 is 0 Å². The normalized spacial score (nSPS) is 10.4. The molecule has 12 heteroatoms. The molecule has 0 bridgehead atoms. The molecule has 0 unspecified atom stereocenters. The van der Waals surface area contributed by atoms with E-state index in [2.05, 4.69) is 10.5 Å². The molecule has 1 aromatic heterocycles. The van der Waals surface area contributed by atoms with Crippen LogP contribution in [-0.4, -0.2) is 56.6 Å². The summed E-state index contributed by atoms with van der Waals surface area (Å²) < 4.78 is 21.3. The summed E-state index contributed by atoms with van der Waals surface area (Å²) in [5.74, 6) is -1.21. The summed E-state index contributed by atoms with van der Waals surface area (Å²) in [7, 11) is 5.78. The molecule has 3 aromatic carbocycles. The summed E-state index contributed by atoms with van der Waals surface area (Å²) in [6, 6.07) is 14.0. The van der Waals surface area contributed by atoms with E-state index in [1.165, 1.54) is 38.4 Å². The van der Waals surface area contributed by atoms with Gasteiger partial charge in [0, 0.05) is 29.9 Å². The zero-order valence-electron chi connectivity index (χ0n) is 21.3. The molecule has 4 aromatic rings. The zero-order valence-corrected chi connectivity index (χ0v) is 21.3. The molecule has 0 aliphatic heterocycles. The summed E-state index contributed by atoms with van der Waals surface area (Å²) in [6.45, 7) is 0. The number of nitrogens with zero attached hydrogens (tertiary/aromatic N) is 3. The predicted octanol–water partition coefficient (Wildman–Crippen LogP) is 4.54. The molecule has 198 valence electrons. The molecule has 0 atom stereocenters. The number of fused-ring (bicyclic) bond motifs is 1. The van der Waals surface area contributed by atoms with E-state index < -0.39 is 18.0 Å². The number of anilines is 2. The number of nitriles is 1. The number of aromatic carboxylic acids is 1.